The molecule has 25 heavy (non-hydrogen) atoms. The number of hydrogen-bond acceptors (Lipinski definition) is 2. The molecule has 0 amide bonds. The summed E-state index contributed by atoms with van der Waals surface area (Å²) in [7, 11) is 0. The highest BCUT2D eigenvalue weighted by Crippen LogP contribution is 2.29. The number of ether oxygens (including phenoxy) is 1. The Hall–Kier alpha value is -1.80. The van der Waals surface area contributed by atoms with Gasteiger partial charge in [-0.25, -0.2) is 0 Å². The van der Waals surface area contributed by atoms with Gasteiger partial charge in [-0.1, -0.05) is 68.7 Å². The molecule has 134 valence electrons. The van der Waals surface area contributed by atoms with Crippen LogP contribution in [0.3, 0.4) is 0 Å². The van der Waals surface area contributed by atoms with Crippen molar-refractivity contribution in [2.24, 2.45) is 5.92 Å². The third-order valence-electron chi connectivity index (χ3n) is 5.53. The van der Waals surface area contributed by atoms with Gasteiger partial charge in [0.1, 0.15) is 12.4 Å². The maximum atomic E-state index is 5.89. The van der Waals surface area contributed by atoms with Crippen molar-refractivity contribution in [1.29, 1.82) is 0 Å². The minimum atomic E-state index is 0.389. The molecule has 3 unspecified atom stereocenters. The van der Waals surface area contributed by atoms with Crippen LogP contribution in [0.25, 0.3) is 0 Å². The summed E-state index contributed by atoms with van der Waals surface area (Å²) in [5, 5.41) is 3.87. The third-order valence-corrected chi connectivity index (χ3v) is 5.53. The summed E-state index contributed by atoms with van der Waals surface area (Å²) in [4.78, 5) is 0. The second kappa shape index (κ2) is 9.05. The molecule has 1 saturated carbocycles. The third kappa shape index (κ3) is 5.09. The lowest BCUT2D eigenvalue weighted by molar-refractivity contribution is 0.240. The van der Waals surface area contributed by atoms with Gasteiger partial charge in [-0.2, -0.15) is 0 Å². The monoisotopic (exact) mass is 337 g/mol. The van der Waals surface area contributed by atoms with E-state index >= 15 is 0 Å². The van der Waals surface area contributed by atoms with E-state index in [9.17, 15) is 0 Å². The lowest BCUT2D eigenvalue weighted by Crippen LogP contribution is -2.39. The fourth-order valence-corrected chi connectivity index (χ4v) is 3.93. The molecule has 1 aliphatic rings. The minimum Gasteiger partial charge on any atom is -0.489 e. The molecule has 0 heterocycles. The van der Waals surface area contributed by atoms with Crippen LogP contribution in [0.15, 0.2) is 54.6 Å². The molecule has 1 N–H and O–H groups in total. The normalized spacial score (nSPS) is 21.7. The maximum Gasteiger partial charge on any atom is 0.119 e. The summed E-state index contributed by atoms with van der Waals surface area (Å²) in [6.07, 6.45) is 6.76. The Morgan fingerprint density at radius 1 is 1.00 bits per heavy atom. The van der Waals surface area contributed by atoms with E-state index in [1.807, 2.05) is 18.2 Å². The van der Waals surface area contributed by atoms with Crippen LogP contribution in [0.4, 0.5) is 0 Å². The molecular formula is C23H31NO. The van der Waals surface area contributed by atoms with Gasteiger partial charge in [0.05, 0.1) is 0 Å². The molecule has 3 rings (SSSR count). The summed E-state index contributed by atoms with van der Waals surface area (Å²) < 4.78 is 5.89. The van der Waals surface area contributed by atoms with Crippen molar-refractivity contribution in [3.8, 4) is 5.75 Å². The number of rotatable bonds is 7. The van der Waals surface area contributed by atoms with Crippen molar-refractivity contribution in [3.05, 3.63) is 65.7 Å². The van der Waals surface area contributed by atoms with Crippen LogP contribution in [0, 0.1) is 5.92 Å². The molecule has 1 fully saturated rings. The van der Waals surface area contributed by atoms with E-state index in [4.69, 9.17) is 4.74 Å². The van der Waals surface area contributed by atoms with Gasteiger partial charge in [0.25, 0.3) is 0 Å². The summed E-state index contributed by atoms with van der Waals surface area (Å²) in [6.45, 7) is 5.23. The van der Waals surface area contributed by atoms with Crippen molar-refractivity contribution in [1.82, 2.24) is 5.32 Å². The van der Waals surface area contributed by atoms with Crippen molar-refractivity contribution >= 4 is 0 Å². The Labute approximate surface area is 152 Å². The smallest absolute Gasteiger partial charge is 0.119 e. The highest BCUT2D eigenvalue weighted by atomic mass is 16.5. The largest absolute Gasteiger partial charge is 0.489 e. The Morgan fingerprint density at radius 2 is 1.72 bits per heavy atom. The van der Waals surface area contributed by atoms with Crippen LogP contribution >= 0.6 is 0 Å². The van der Waals surface area contributed by atoms with Gasteiger partial charge in [0, 0.05) is 12.1 Å². The van der Waals surface area contributed by atoms with Crippen LogP contribution in [0.1, 0.15) is 63.1 Å². The first-order valence-corrected chi connectivity index (χ1v) is 9.79. The van der Waals surface area contributed by atoms with Gasteiger partial charge in [-0.15, -0.1) is 0 Å². The predicted molar refractivity (Wildman–Crippen MR) is 105 cm³/mol. The quantitative estimate of drug-likeness (QED) is 0.680. The topological polar surface area (TPSA) is 21.3 Å². The fraction of sp³-hybridized carbons (Fsp3) is 0.478. The van der Waals surface area contributed by atoms with Gasteiger partial charge in [0.2, 0.25) is 0 Å². The Kier molecular flexibility index (Phi) is 6.52. The molecule has 0 radical (unpaired) electrons. The molecule has 3 atom stereocenters. The number of hydrogen-bond donors (Lipinski definition) is 1. The SMILES string of the molecule is CCC1CCCCC1NC(C)c1ccc(OCc2ccccc2)cc1. The maximum absolute atomic E-state index is 5.89. The fourth-order valence-electron chi connectivity index (χ4n) is 3.93. The highest BCUT2D eigenvalue weighted by molar-refractivity contribution is 5.29. The second-order valence-electron chi connectivity index (χ2n) is 7.29. The van der Waals surface area contributed by atoms with Crippen molar-refractivity contribution in [3.63, 3.8) is 0 Å². The van der Waals surface area contributed by atoms with E-state index in [0.717, 1.165) is 11.7 Å². The number of nitrogens with one attached hydrogen (secondary N) is 1. The first-order valence-electron chi connectivity index (χ1n) is 9.79. The average molecular weight is 338 g/mol. The van der Waals surface area contributed by atoms with Gasteiger partial charge in [-0.3, -0.25) is 0 Å². The van der Waals surface area contributed by atoms with Crippen LogP contribution < -0.4 is 10.1 Å². The standard InChI is InChI=1S/C23H31NO/c1-3-20-11-7-8-12-23(20)24-18(2)21-13-15-22(16-14-21)25-17-19-9-5-4-6-10-19/h4-6,9-10,13-16,18,20,23-24H,3,7-8,11-12,17H2,1-2H3. The van der Waals surface area contributed by atoms with Crippen LogP contribution in [0.2, 0.25) is 0 Å². The van der Waals surface area contributed by atoms with Crippen LogP contribution in [0.5, 0.6) is 5.75 Å². The molecular weight excluding hydrogens is 306 g/mol. The Balaban J connectivity index is 1.54. The van der Waals surface area contributed by atoms with Crippen molar-refractivity contribution in [2.75, 3.05) is 0 Å². The van der Waals surface area contributed by atoms with Crippen LogP contribution in [-0.2, 0) is 6.61 Å². The zero-order valence-corrected chi connectivity index (χ0v) is 15.6. The summed E-state index contributed by atoms with van der Waals surface area (Å²) in [6, 6.07) is 19.9. The lowest BCUT2D eigenvalue weighted by atomic mass is 9.82. The highest BCUT2D eigenvalue weighted by Gasteiger charge is 2.24. The molecule has 0 bridgehead atoms. The van der Waals surface area contributed by atoms with E-state index in [1.54, 1.807) is 0 Å². The predicted octanol–water partition coefficient (Wildman–Crippen LogP) is 5.89. The molecule has 1 aliphatic carbocycles. The molecule has 0 aromatic heterocycles. The second-order valence-corrected chi connectivity index (χ2v) is 7.29. The van der Waals surface area contributed by atoms with Gasteiger partial charge in [0.15, 0.2) is 0 Å². The zero-order chi connectivity index (χ0) is 17.5. The van der Waals surface area contributed by atoms with E-state index in [-0.39, 0.29) is 0 Å². The van der Waals surface area contributed by atoms with Crippen LogP contribution in [-0.4, -0.2) is 6.04 Å². The summed E-state index contributed by atoms with van der Waals surface area (Å²) >= 11 is 0. The van der Waals surface area contributed by atoms with Gasteiger partial charge >= 0.3 is 0 Å². The lowest BCUT2D eigenvalue weighted by Gasteiger charge is -2.34. The first kappa shape index (κ1) is 18.0. The van der Waals surface area contributed by atoms with E-state index in [2.05, 4.69) is 55.6 Å². The molecule has 2 aromatic rings. The molecule has 2 heteroatoms. The Bertz CT molecular complexity index is 622. The Morgan fingerprint density at radius 3 is 2.44 bits per heavy atom. The zero-order valence-electron chi connectivity index (χ0n) is 15.6. The van der Waals surface area contributed by atoms with Gasteiger partial charge in [-0.05, 0) is 48.9 Å². The summed E-state index contributed by atoms with van der Waals surface area (Å²) in [5.74, 6) is 1.77. The van der Waals surface area contributed by atoms with Crippen molar-refractivity contribution in [2.45, 2.75) is 64.6 Å². The van der Waals surface area contributed by atoms with E-state index in [0.29, 0.717) is 18.7 Å². The van der Waals surface area contributed by atoms with Gasteiger partial charge < -0.3 is 10.1 Å². The molecule has 2 aromatic carbocycles. The first-order chi connectivity index (χ1) is 12.3. The molecule has 0 saturated heterocycles. The average Bonchev–Trinajstić information content (AvgIpc) is 2.68. The molecule has 0 spiro atoms. The summed E-state index contributed by atoms with van der Waals surface area (Å²) in [5.41, 5.74) is 2.54. The molecule has 0 aliphatic heterocycles. The minimum absolute atomic E-state index is 0.389. The molecule has 2 nitrogen and oxygen atoms in total. The van der Waals surface area contributed by atoms with E-state index in [1.165, 1.54) is 43.2 Å². The van der Waals surface area contributed by atoms with Crippen molar-refractivity contribution < 1.29 is 4.74 Å². The number of benzene rings is 2. The van der Waals surface area contributed by atoms with E-state index < -0.39 is 0 Å².